The zero-order valence-electron chi connectivity index (χ0n) is 24.6. The molecule has 3 heterocycles. The summed E-state index contributed by atoms with van der Waals surface area (Å²) in [5.74, 6) is 0.739. The second kappa shape index (κ2) is 12.9. The predicted molar refractivity (Wildman–Crippen MR) is 167 cm³/mol. The first-order chi connectivity index (χ1) is 22.0. The first kappa shape index (κ1) is 29.9. The topological polar surface area (TPSA) is 141 Å². The van der Waals surface area contributed by atoms with Crippen LogP contribution in [0.5, 0.6) is 5.75 Å². The molecule has 6 rings (SSSR count). The van der Waals surface area contributed by atoms with Gasteiger partial charge in [0.2, 0.25) is 0 Å². The maximum Gasteiger partial charge on any atom is 0.413 e. The Morgan fingerprint density at radius 2 is 1.73 bits per heavy atom. The number of nitrogens with zero attached hydrogens (tertiary/aromatic N) is 4. The molecule has 230 valence electrons. The third kappa shape index (κ3) is 5.42. The summed E-state index contributed by atoms with van der Waals surface area (Å²) in [6.45, 7) is 3.57. The number of amides is 1. The number of aliphatic hydroxyl groups excluding tert-OH is 2. The van der Waals surface area contributed by atoms with Crippen LogP contribution < -0.4 is 10.1 Å². The number of nitrogens with one attached hydrogen (secondary N) is 1. The van der Waals surface area contributed by atoms with Gasteiger partial charge in [0.25, 0.3) is 0 Å². The molecule has 1 aliphatic heterocycles. The van der Waals surface area contributed by atoms with Gasteiger partial charge >= 0.3 is 6.09 Å². The third-order valence-corrected chi connectivity index (χ3v) is 8.10. The van der Waals surface area contributed by atoms with Crippen molar-refractivity contribution < 1.29 is 29.2 Å². The van der Waals surface area contributed by atoms with Gasteiger partial charge in [0.1, 0.15) is 37.1 Å². The van der Waals surface area contributed by atoms with Gasteiger partial charge in [-0.2, -0.15) is 0 Å². The van der Waals surface area contributed by atoms with E-state index in [2.05, 4.69) is 26.8 Å². The van der Waals surface area contributed by atoms with Crippen LogP contribution in [0.2, 0.25) is 0 Å². The average molecular weight is 608 g/mol. The molecule has 3 N–H and O–H groups in total. The van der Waals surface area contributed by atoms with E-state index in [1.807, 2.05) is 84.9 Å². The Bertz CT molecular complexity index is 1740. The van der Waals surface area contributed by atoms with Crippen molar-refractivity contribution in [3.8, 4) is 5.75 Å². The number of para-hydroxylation sites is 1. The van der Waals surface area contributed by atoms with Crippen LogP contribution in [0.25, 0.3) is 11.2 Å². The van der Waals surface area contributed by atoms with Crippen molar-refractivity contribution in [1.29, 1.82) is 0 Å². The summed E-state index contributed by atoms with van der Waals surface area (Å²) in [6, 6.07) is 26.9. The molecule has 1 saturated heterocycles. The number of imidazole rings is 1. The molecule has 11 nitrogen and oxygen atoms in total. The fraction of sp³-hybridized carbons (Fsp3) is 0.235. The van der Waals surface area contributed by atoms with Crippen LogP contribution in [-0.2, 0) is 14.9 Å². The van der Waals surface area contributed by atoms with Crippen LogP contribution >= 0.6 is 0 Å². The number of carbonyl (C=O) groups is 1. The van der Waals surface area contributed by atoms with Crippen LogP contribution in [0.3, 0.4) is 0 Å². The van der Waals surface area contributed by atoms with Crippen LogP contribution in [0, 0.1) is 0 Å². The van der Waals surface area contributed by atoms with Crippen molar-refractivity contribution in [1.82, 2.24) is 19.5 Å². The Kier molecular flexibility index (Phi) is 8.56. The molecule has 0 spiro atoms. The van der Waals surface area contributed by atoms with E-state index in [0.717, 1.165) is 16.7 Å². The van der Waals surface area contributed by atoms with E-state index in [1.54, 1.807) is 11.7 Å². The van der Waals surface area contributed by atoms with Gasteiger partial charge in [-0.25, -0.2) is 19.7 Å². The lowest BCUT2D eigenvalue weighted by Gasteiger charge is -2.43. The van der Waals surface area contributed by atoms with Gasteiger partial charge in [-0.05, 0) is 17.2 Å². The lowest BCUT2D eigenvalue weighted by molar-refractivity contribution is -0.0961. The van der Waals surface area contributed by atoms with Gasteiger partial charge in [-0.3, -0.25) is 9.88 Å². The molecule has 45 heavy (non-hydrogen) atoms. The van der Waals surface area contributed by atoms with E-state index >= 15 is 0 Å². The van der Waals surface area contributed by atoms with Gasteiger partial charge in [-0.1, -0.05) is 91.5 Å². The fourth-order valence-electron chi connectivity index (χ4n) is 6.15. The highest BCUT2D eigenvalue weighted by atomic mass is 16.6. The van der Waals surface area contributed by atoms with E-state index in [-0.39, 0.29) is 18.8 Å². The second-order valence-corrected chi connectivity index (χ2v) is 10.6. The molecule has 3 aromatic carbocycles. The van der Waals surface area contributed by atoms with Crippen molar-refractivity contribution in [3.05, 3.63) is 127 Å². The zero-order valence-corrected chi connectivity index (χ0v) is 24.6. The molecular formula is C34H33N5O6. The molecule has 0 aliphatic carbocycles. The van der Waals surface area contributed by atoms with Gasteiger partial charge in [0.15, 0.2) is 17.0 Å². The highest BCUT2D eigenvalue weighted by molar-refractivity contribution is 5.93. The number of rotatable bonds is 10. The van der Waals surface area contributed by atoms with E-state index in [1.165, 1.54) is 18.7 Å². The van der Waals surface area contributed by atoms with Crippen LogP contribution in [0.1, 0.15) is 29.3 Å². The zero-order chi connectivity index (χ0) is 31.4. The third-order valence-electron chi connectivity index (χ3n) is 8.10. The summed E-state index contributed by atoms with van der Waals surface area (Å²) in [6.07, 6.45) is -0.422. The number of aromatic nitrogens is 4. The van der Waals surface area contributed by atoms with E-state index in [0.29, 0.717) is 16.9 Å². The number of methoxy groups -OCH3 is 1. The number of aliphatic hydroxyl groups is 2. The SMILES string of the molecule is C=CCOC(=O)Nc1ncnc2c1ncn2[C@H]1C[C@H](O)[C@@H](C(O)C(c2ccccc2)(c2ccccc2)c2ccccc2OC)O1. The molecule has 1 fully saturated rings. The van der Waals surface area contributed by atoms with Crippen molar-refractivity contribution in [2.45, 2.75) is 36.4 Å². The first-order valence-electron chi connectivity index (χ1n) is 14.5. The summed E-state index contributed by atoms with van der Waals surface area (Å²) in [5, 5.41) is 26.7. The Hall–Kier alpha value is -5.10. The Balaban J connectivity index is 1.41. The quantitative estimate of drug-likeness (QED) is 0.153. The van der Waals surface area contributed by atoms with Crippen LogP contribution in [0.4, 0.5) is 10.6 Å². The first-order valence-corrected chi connectivity index (χ1v) is 14.5. The molecule has 1 unspecified atom stereocenters. The minimum Gasteiger partial charge on any atom is -0.496 e. The van der Waals surface area contributed by atoms with Gasteiger partial charge < -0.3 is 24.4 Å². The summed E-state index contributed by atoms with van der Waals surface area (Å²) < 4.78 is 19.0. The van der Waals surface area contributed by atoms with Crippen molar-refractivity contribution in [2.24, 2.45) is 0 Å². The second-order valence-electron chi connectivity index (χ2n) is 10.6. The number of benzene rings is 3. The highest BCUT2D eigenvalue weighted by Crippen LogP contribution is 2.49. The molecular weight excluding hydrogens is 574 g/mol. The molecule has 2 aromatic heterocycles. The van der Waals surface area contributed by atoms with Gasteiger partial charge in [0.05, 0.1) is 25.0 Å². The standard InChI is InChI=1S/C34H33N5O6/c1-3-18-44-33(42)38-31-28-32(36-20-35-31)39(21-37-28)27-19-25(40)29(45-27)30(41)34(22-12-6-4-7-13-22,23-14-8-5-9-15-23)24-16-10-11-17-26(24)43-2/h3-17,20-21,25,27,29-30,40-41H,1,18-19H2,2H3,(H,35,36,38,42)/t25-,27+,29-,30?/m0/s1. The predicted octanol–water partition coefficient (Wildman–Crippen LogP) is 4.61. The van der Waals surface area contributed by atoms with E-state index in [9.17, 15) is 15.0 Å². The summed E-state index contributed by atoms with van der Waals surface area (Å²) in [7, 11) is 1.59. The number of fused-ring (bicyclic) bond motifs is 1. The molecule has 1 amide bonds. The minimum absolute atomic E-state index is 0.0360. The lowest BCUT2D eigenvalue weighted by atomic mass is 9.63. The smallest absolute Gasteiger partial charge is 0.413 e. The molecule has 0 saturated carbocycles. The highest BCUT2D eigenvalue weighted by Gasteiger charge is 2.53. The van der Waals surface area contributed by atoms with E-state index < -0.39 is 36.0 Å². The summed E-state index contributed by atoms with van der Waals surface area (Å²) >= 11 is 0. The number of anilines is 1. The van der Waals surface area contributed by atoms with Crippen molar-refractivity contribution >= 4 is 23.1 Å². The molecule has 11 heteroatoms. The lowest BCUT2D eigenvalue weighted by Crippen LogP contribution is -2.51. The van der Waals surface area contributed by atoms with Gasteiger partial charge in [-0.15, -0.1) is 0 Å². The maximum absolute atomic E-state index is 12.6. The fourth-order valence-corrected chi connectivity index (χ4v) is 6.15. The molecule has 0 bridgehead atoms. The van der Waals surface area contributed by atoms with Crippen LogP contribution in [-0.4, -0.2) is 67.9 Å². The van der Waals surface area contributed by atoms with E-state index in [4.69, 9.17) is 14.2 Å². The van der Waals surface area contributed by atoms with Crippen LogP contribution in [0.15, 0.2) is 110 Å². The Labute approximate surface area is 259 Å². The number of hydrogen-bond donors (Lipinski definition) is 3. The average Bonchev–Trinajstić information content (AvgIpc) is 3.69. The number of carbonyl (C=O) groups excluding carboxylic acids is 1. The molecule has 4 atom stereocenters. The molecule has 0 radical (unpaired) electrons. The van der Waals surface area contributed by atoms with Crippen molar-refractivity contribution in [3.63, 3.8) is 0 Å². The largest absolute Gasteiger partial charge is 0.496 e. The number of ether oxygens (including phenoxy) is 3. The number of hydrogen-bond acceptors (Lipinski definition) is 9. The van der Waals surface area contributed by atoms with Gasteiger partial charge in [0, 0.05) is 12.0 Å². The minimum atomic E-state index is -1.28. The molecule has 5 aromatic rings. The monoisotopic (exact) mass is 607 g/mol. The van der Waals surface area contributed by atoms with Crippen molar-refractivity contribution in [2.75, 3.05) is 19.0 Å². The summed E-state index contributed by atoms with van der Waals surface area (Å²) in [4.78, 5) is 25.1. The normalized spacial score (nSPS) is 18.8. The summed E-state index contributed by atoms with van der Waals surface area (Å²) in [5.41, 5.74) is 1.80. The Morgan fingerprint density at radius 1 is 1.07 bits per heavy atom. The maximum atomic E-state index is 12.6. The molecule has 1 aliphatic rings. The Morgan fingerprint density at radius 3 is 2.40 bits per heavy atom.